The molecule has 144 valence electrons. The predicted octanol–water partition coefficient (Wildman–Crippen LogP) is 5.84. The molecule has 1 aliphatic carbocycles. The molecule has 4 rings (SSSR count). The fourth-order valence-electron chi connectivity index (χ4n) is 3.49. The van der Waals surface area contributed by atoms with Crippen molar-refractivity contribution in [2.75, 3.05) is 11.1 Å². The van der Waals surface area contributed by atoms with Crippen LogP contribution < -0.4 is 5.32 Å². The van der Waals surface area contributed by atoms with E-state index in [0.717, 1.165) is 42.0 Å². The molecular formula is C21H19Cl2N3OS. The second-order valence-corrected chi connectivity index (χ2v) is 8.70. The quantitative estimate of drug-likeness (QED) is 0.660. The Hall–Kier alpha value is -1.82. The van der Waals surface area contributed by atoms with Crippen molar-refractivity contribution >= 4 is 57.3 Å². The Balaban J connectivity index is 1.49. The third-order valence-corrected chi connectivity index (χ3v) is 6.36. The summed E-state index contributed by atoms with van der Waals surface area (Å²) in [5.74, 6) is 0.0699. The Morgan fingerprint density at radius 2 is 1.82 bits per heavy atom. The van der Waals surface area contributed by atoms with Crippen LogP contribution in [0, 0.1) is 0 Å². The van der Waals surface area contributed by atoms with E-state index in [0.29, 0.717) is 15.7 Å². The first-order valence-electron chi connectivity index (χ1n) is 9.18. The lowest BCUT2D eigenvalue weighted by Gasteiger charge is -2.14. The van der Waals surface area contributed by atoms with Crippen molar-refractivity contribution in [3.63, 3.8) is 0 Å². The fraction of sp³-hybridized carbons (Fsp3) is 0.286. The maximum absolute atomic E-state index is 12.5. The number of carbonyl (C=O) groups is 1. The van der Waals surface area contributed by atoms with E-state index in [4.69, 9.17) is 33.2 Å². The summed E-state index contributed by atoms with van der Waals surface area (Å²) in [6.45, 7) is 0. The van der Waals surface area contributed by atoms with E-state index < -0.39 is 0 Å². The summed E-state index contributed by atoms with van der Waals surface area (Å²) >= 11 is 13.5. The van der Waals surface area contributed by atoms with E-state index >= 15 is 0 Å². The highest BCUT2D eigenvalue weighted by Crippen LogP contribution is 2.40. The van der Waals surface area contributed by atoms with Crippen molar-refractivity contribution in [1.29, 1.82) is 0 Å². The Bertz CT molecular complexity index is 953. The van der Waals surface area contributed by atoms with Crippen molar-refractivity contribution in [3.05, 3.63) is 64.1 Å². The highest BCUT2D eigenvalue weighted by atomic mass is 35.5. The van der Waals surface area contributed by atoms with Gasteiger partial charge in [0.2, 0.25) is 5.91 Å². The Morgan fingerprint density at radius 3 is 2.57 bits per heavy atom. The van der Waals surface area contributed by atoms with E-state index in [1.54, 1.807) is 18.2 Å². The topological polar surface area (TPSA) is 53.8 Å². The highest BCUT2D eigenvalue weighted by Gasteiger charge is 2.39. The largest absolute Gasteiger partial charge is 0.324 e. The van der Waals surface area contributed by atoms with Crippen LogP contribution in [0.3, 0.4) is 0 Å². The second kappa shape index (κ2) is 8.27. The first kappa shape index (κ1) is 19.5. The molecule has 0 atom stereocenters. The summed E-state index contributed by atoms with van der Waals surface area (Å²) in [6.07, 6.45) is 4.22. The molecule has 28 heavy (non-hydrogen) atoms. The molecule has 0 unspecified atom stereocenters. The average Bonchev–Trinajstić information content (AvgIpc) is 3.31. The number of anilines is 1. The zero-order valence-corrected chi connectivity index (χ0v) is 17.4. The van der Waals surface area contributed by atoms with Crippen LogP contribution in [0.4, 0.5) is 5.69 Å². The number of nitrogens with zero attached hydrogens (tertiary/aromatic N) is 2. The van der Waals surface area contributed by atoms with E-state index in [1.807, 2.05) is 30.3 Å². The maximum atomic E-state index is 12.5. The number of benzene rings is 2. The van der Waals surface area contributed by atoms with E-state index in [-0.39, 0.29) is 17.3 Å². The molecule has 2 aromatic rings. The Kier molecular flexibility index (Phi) is 5.76. The standard InChI is InChI=1S/C21H19Cl2N3OS/c22-15-8-9-16(23)17(12-15)24-18(27)13-28-20-19(14-6-2-1-3-7-14)25-21(26-20)10-4-5-11-21/h1-3,6-9,12H,4-5,10-11,13H2,(H,24,27). The molecule has 0 bridgehead atoms. The van der Waals surface area contributed by atoms with Crippen LogP contribution in [0.2, 0.25) is 10.0 Å². The molecule has 0 saturated heterocycles. The van der Waals surface area contributed by atoms with Gasteiger partial charge in [0.25, 0.3) is 0 Å². The molecule has 1 saturated carbocycles. The molecule has 1 heterocycles. The highest BCUT2D eigenvalue weighted by molar-refractivity contribution is 8.16. The van der Waals surface area contributed by atoms with Gasteiger partial charge < -0.3 is 5.32 Å². The van der Waals surface area contributed by atoms with Gasteiger partial charge in [-0.15, -0.1) is 0 Å². The van der Waals surface area contributed by atoms with Gasteiger partial charge in [-0.3, -0.25) is 9.79 Å². The molecule has 7 heteroatoms. The first-order chi connectivity index (χ1) is 13.5. The van der Waals surface area contributed by atoms with Crippen LogP contribution in [0.1, 0.15) is 31.2 Å². The van der Waals surface area contributed by atoms with Gasteiger partial charge in [-0.1, -0.05) is 65.3 Å². The number of hydrogen-bond donors (Lipinski definition) is 1. The minimum absolute atomic E-state index is 0.156. The number of amides is 1. The number of aliphatic imine (C=N–C) groups is 2. The molecular weight excluding hydrogens is 413 g/mol. The van der Waals surface area contributed by atoms with Crippen molar-refractivity contribution in [3.8, 4) is 0 Å². The molecule has 0 aromatic heterocycles. The third-order valence-electron chi connectivity index (χ3n) is 4.83. The minimum atomic E-state index is -0.333. The Morgan fingerprint density at radius 1 is 1.07 bits per heavy atom. The molecule has 1 fully saturated rings. The monoisotopic (exact) mass is 431 g/mol. The van der Waals surface area contributed by atoms with Crippen LogP contribution >= 0.6 is 35.0 Å². The van der Waals surface area contributed by atoms with Crippen molar-refractivity contribution < 1.29 is 4.79 Å². The van der Waals surface area contributed by atoms with E-state index in [1.165, 1.54) is 11.8 Å². The van der Waals surface area contributed by atoms with E-state index in [9.17, 15) is 4.79 Å². The lowest BCUT2D eigenvalue weighted by atomic mass is 10.1. The summed E-state index contributed by atoms with van der Waals surface area (Å²) < 4.78 is 0. The average molecular weight is 432 g/mol. The third kappa shape index (κ3) is 4.27. The maximum Gasteiger partial charge on any atom is 0.234 e. The fourth-order valence-corrected chi connectivity index (χ4v) is 4.70. The number of thioether (sulfide) groups is 1. The molecule has 2 aliphatic rings. The summed E-state index contributed by atoms with van der Waals surface area (Å²) in [7, 11) is 0. The summed E-state index contributed by atoms with van der Waals surface area (Å²) in [5.41, 5.74) is 2.11. The first-order valence-corrected chi connectivity index (χ1v) is 10.9. The van der Waals surface area contributed by atoms with Crippen LogP contribution in [-0.2, 0) is 4.79 Å². The molecule has 0 radical (unpaired) electrons. The van der Waals surface area contributed by atoms with Crippen LogP contribution in [0.5, 0.6) is 0 Å². The lowest BCUT2D eigenvalue weighted by Crippen LogP contribution is -2.18. The summed E-state index contributed by atoms with van der Waals surface area (Å²) in [4.78, 5) is 22.4. The number of rotatable bonds is 4. The zero-order chi connectivity index (χ0) is 19.6. The van der Waals surface area contributed by atoms with Gasteiger partial charge in [-0.2, -0.15) is 0 Å². The molecule has 1 amide bonds. The molecule has 1 aliphatic heterocycles. The van der Waals surface area contributed by atoms with Gasteiger partial charge in [0.15, 0.2) is 5.66 Å². The van der Waals surface area contributed by atoms with Crippen LogP contribution in [0.15, 0.2) is 58.5 Å². The molecule has 1 spiro atoms. The van der Waals surface area contributed by atoms with Gasteiger partial charge in [-0.25, -0.2) is 4.99 Å². The van der Waals surface area contributed by atoms with Crippen molar-refractivity contribution in [1.82, 2.24) is 0 Å². The summed E-state index contributed by atoms with van der Waals surface area (Å²) in [5, 5.41) is 4.63. The second-order valence-electron chi connectivity index (χ2n) is 6.89. The number of halogens is 2. The molecule has 2 aromatic carbocycles. The van der Waals surface area contributed by atoms with Gasteiger partial charge in [0.1, 0.15) is 5.04 Å². The zero-order valence-electron chi connectivity index (χ0n) is 15.1. The molecule has 4 nitrogen and oxygen atoms in total. The number of carbonyl (C=O) groups excluding carboxylic acids is 1. The van der Waals surface area contributed by atoms with Crippen LogP contribution in [0.25, 0.3) is 0 Å². The van der Waals surface area contributed by atoms with Gasteiger partial charge in [0.05, 0.1) is 22.2 Å². The van der Waals surface area contributed by atoms with Gasteiger partial charge >= 0.3 is 0 Å². The number of hydrogen-bond acceptors (Lipinski definition) is 4. The van der Waals surface area contributed by atoms with E-state index in [2.05, 4.69) is 5.32 Å². The Labute approximate surface area is 178 Å². The predicted molar refractivity (Wildman–Crippen MR) is 119 cm³/mol. The molecule has 1 N–H and O–H groups in total. The normalized spacial score (nSPS) is 17.5. The number of nitrogens with one attached hydrogen (secondary N) is 1. The summed E-state index contributed by atoms with van der Waals surface area (Å²) in [6, 6.07) is 15.0. The van der Waals surface area contributed by atoms with Gasteiger partial charge in [0, 0.05) is 10.6 Å². The minimum Gasteiger partial charge on any atom is -0.324 e. The SMILES string of the molecule is O=C(CSC1=NC2(CCCC2)N=C1c1ccccc1)Nc1cc(Cl)ccc1Cl. The lowest BCUT2D eigenvalue weighted by molar-refractivity contribution is -0.113. The smallest absolute Gasteiger partial charge is 0.234 e. The van der Waals surface area contributed by atoms with Crippen molar-refractivity contribution in [2.24, 2.45) is 9.98 Å². The van der Waals surface area contributed by atoms with Gasteiger partial charge in [-0.05, 0) is 43.9 Å². The van der Waals surface area contributed by atoms with Crippen LogP contribution in [-0.4, -0.2) is 28.1 Å². The van der Waals surface area contributed by atoms with Crippen molar-refractivity contribution in [2.45, 2.75) is 31.3 Å².